The highest BCUT2D eigenvalue weighted by molar-refractivity contribution is 5.51. The molecule has 1 unspecified atom stereocenters. The SMILES string of the molecule is CCNc1cc(C(F)(F)F)cc(N2CCCOC(C)C2)n1. The molecule has 1 aromatic rings. The first-order valence-corrected chi connectivity index (χ1v) is 7.10. The molecular formula is C14H20F3N3O. The van der Waals surface area contributed by atoms with Crippen molar-refractivity contribution in [2.24, 2.45) is 0 Å². The molecule has 2 rings (SSSR count). The molecule has 0 aliphatic carbocycles. The van der Waals surface area contributed by atoms with Gasteiger partial charge in [0.1, 0.15) is 11.6 Å². The quantitative estimate of drug-likeness (QED) is 0.931. The predicted octanol–water partition coefficient (Wildman–Crippen LogP) is 3.15. The molecule has 2 heterocycles. The summed E-state index contributed by atoms with van der Waals surface area (Å²) >= 11 is 0. The molecule has 0 saturated carbocycles. The molecule has 21 heavy (non-hydrogen) atoms. The molecule has 1 aliphatic rings. The van der Waals surface area contributed by atoms with Gasteiger partial charge in [0.15, 0.2) is 0 Å². The molecule has 1 aromatic heterocycles. The van der Waals surface area contributed by atoms with Crippen LogP contribution in [0, 0.1) is 0 Å². The van der Waals surface area contributed by atoms with E-state index < -0.39 is 11.7 Å². The van der Waals surface area contributed by atoms with E-state index >= 15 is 0 Å². The number of rotatable bonds is 3. The second kappa shape index (κ2) is 6.51. The first kappa shape index (κ1) is 15.9. The lowest BCUT2D eigenvalue weighted by atomic mass is 10.2. The maximum Gasteiger partial charge on any atom is 0.416 e. The monoisotopic (exact) mass is 303 g/mol. The molecule has 1 saturated heterocycles. The molecule has 118 valence electrons. The van der Waals surface area contributed by atoms with Crippen molar-refractivity contribution in [3.63, 3.8) is 0 Å². The van der Waals surface area contributed by atoms with Crippen LogP contribution in [0.25, 0.3) is 0 Å². The van der Waals surface area contributed by atoms with E-state index in [0.717, 1.165) is 18.6 Å². The molecule has 0 spiro atoms. The van der Waals surface area contributed by atoms with Crippen molar-refractivity contribution < 1.29 is 17.9 Å². The molecular weight excluding hydrogens is 283 g/mol. The minimum absolute atomic E-state index is 0.0218. The van der Waals surface area contributed by atoms with E-state index in [4.69, 9.17) is 4.74 Å². The minimum atomic E-state index is -4.38. The number of ether oxygens (including phenoxy) is 1. The predicted molar refractivity (Wildman–Crippen MR) is 75.6 cm³/mol. The molecule has 0 bridgehead atoms. The third-order valence-electron chi connectivity index (χ3n) is 3.27. The Bertz CT molecular complexity index is 479. The Hall–Kier alpha value is -1.50. The Balaban J connectivity index is 2.34. The van der Waals surface area contributed by atoms with Gasteiger partial charge in [-0.05, 0) is 32.4 Å². The number of halogens is 3. The van der Waals surface area contributed by atoms with E-state index in [1.807, 2.05) is 18.7 Å². The van der Waals surface area contributed by atoms with Gasteiger partial charge in [-0.3, -0.25) is 0 Å². The lowest BCUT2D eigenvalue weighted by Crippen LogP contribution is -2.31. The fourth-order valence-corrected chi connectivity index (χ4v) is 2.32. The Morgan fingerprint density at radius 3 is 2.86 bits per heavy atom. The highest BCUT2D eigenvalue weighted by Gasteiger charge is 2.32. The summed E-state index contributed by atoms with van der Waals surface area (Å²) in [7, 11) is 0. The van der Waals surface area contributed by atoms with Crippen molar-refractivity contribution in [2.75, 3.05) is 36.5 Å². The van der Waals surface area contributed by atoms with Crippen LogP contribution in [0.5, 0.6) is 0 Å². The lowest BCUT2D eigenvalue weighted by molar-refractivity contribution is -0.137. The van der Waals surface area contributed by atoms with Crippen LogP contribution in [0.3, 0.4) is 0 Å². The van der Waals surface area contributed by atoms with Gasteiger partial charge in [-0.1, -0.05) is 0 Å². The van der Waals surface area contributed by atoms with E-state index in [1.54, 1.807) is 0 Å². The highest BCUT2D eigenvalue weighted by Crippen LogP contribution is 2.33. The fraction of sp³-hybridized carbons (Fsp3) is 0.643. The summed E-state index contributed by atoms with van der Waals surface area (Å²) in [6.45, 7) is 6.06. The molecule has 4 nitrogen and oxygen atoms in total. The normalized spacial score (nSPS) is 20.2. The van der Waals surface area contributed by atoms with E-state index in [-0.39, 0.29) is 11.9 Å². The zero-order valence-electron chi connectivity index (χ0n) is 12.2. The standard InChI is InChI=1S/C14H20F3N3O/c1-3-18-12-7-11(14(15,16)17)8-13(19-12)20-5-4-6-21-10(2)9-20/h7-8,10H,3-6,9H2,1-2H3,(H,18,19). The molecule has 1 fully saturated rings. The maximum absolute atomic E-state index is 13.0. The summed E-state index contributed by atoms with van der Waals surface area (Å²) in [5.41, 5.74) is -0.679. The van der Waals surface area contributed by atoms with Crippen LogP contribution in [0.2, 0.25) is 0 Å². The van der Waals surface area contributed by atoms with Crippen LogP contribution in [-0.2, 0) is 10.9 Å². The van der Waals surface area contributed by atoms with Gasteiger partial charge in [-0.2, -0.15) is 13.2 Å². The molecule has 7 heteroatoms. The summed E-state index contributed by atoms with van der Waals surface area (Å²) in [4.78, 5) is 6.15. The van der Waals surface area contributed by atoms with Gasteiger partial charge in [0.2, 0.25) is 0 Å². The Morgan fingerprint density at radius 2 is 2.19 bits per heavy atom. The van der Waals surface area contributed by atoms with Gasteiger partial charge in [0.05, 0.1) is 11.7 Å². The van der Waals surface area contributed by atoms with Crippen LogP contribution in [-0.4, -0.2) is 37.3 Å². The Kier molecular flexibility index (Phi) is 4.92. The van der Waals surface area contributed by atoms with Gasteiger partial charge in [0, 0.05) is 26.2 Å². The van der Waals surface area contributed by atoms with Gasteiger partial charge >= 0.3 is 6.18 Å². The summed E-state index contributed by atoms with van der Waals surface area (Å²) in [6.07, 6.45) is -3.62. The van der Waals surface area contributed by atoms with Crippen LogP contribution in [0.15, 0.2) is 12.1 Å². The van der Waals surface area contributed by atoms with Gasteiger partial charge < -0.3 is 15.0 Å². The topological polar surface area (TPSA) is 37.4 Å². The van der Waals surface area contributed by atoms with Crippen LogP contribution in [0.1, 0.15) is 25.8 Å². The number of hydrogen-bond acceptors (Lipinski definition) is 4. The van der Waals surface area contributed by atoms with E-state index in [1.165, 1.54) is 0 Å². The summed E-state index contributed by atoms with van der Waals surface area (Å²) in [5.74, 6) is 0.596. The van der Waals surface area contributed by atoms with Crippen LogP contribution in [0.4, 0.5) is 24.8 Å². The van der Waals surface area contributed by atoms with Crippen molar-refractivity contribution in [3.8, 4) is 0 Å². The molecule has 1 atom stereocenters. The second-order valence-electron chi connectivity index (χ2n) is 5.11. The van der Waals surface area contributed by atoms with Crippen molar-refractivity contribution in [1.29, 1.82) is 0 Å². The van der Waals surface area contributed by atoms with Crippen molar-refractivity contribution >= 4 is 11.6 Å². The zero-order valence-corrected chi connectivity index (χ0v) is 12.2. The number of hydrogen-bond donors (Lipinski definition) is 1. The van der Waals surface area contributed by atoms with Crippen LogP contribution >= 0.6 is 0 Å². The smallest absolute Gasteiger partial charge is 0.377 e. The van der Waals surface area contributed by atoms with E-state index in [0.29, 0.717) is 32.1 Å². The lowest BCUT2D eigenvalue weighted by Gasteiger charge is -2.24. The largest absolute Gasteiger partial charge is 0.416 e. The van der Waals surface area contributed by atoms with Crippen LogP contribution < -0.4 is 10.2 Å². The average Bonchev–Trinajstić information content (AvgIpc) is 2.62. The first-order chi connectivity index (χ1) is 9.90. The second-order valence-corrected chi connectivity index (χ2v) is 5.11. The number of nitrogens with one attached hydrogen (secondary N) is 1. The third-order valence-corrected chi connectivity index (χ3v) is 3.27. The summed E-state index contributed by atoms with van der Waals surface area (Å²) in [5, 5.41) is 2.86. The van der Waals surface area contributed by atoms with Crippen molar-refractivity contribution in [3.05, 3.63) is 17.7 Å². The third kappa shape index (κ3) is 4.23. The fourth-order valence-electron chi connectivity index (χ4n) is 2.32. The van der Waals surface area contributed by atoms with E-state index in [9.17, 15) is 13.2 Å². The van der Waals surface area contributed by atoms with E-state index in [2.05, 4.69) is 10.3 Å². The Morgan fingerprint density at radius 1 is 1.43 bits per heavy atom. The van der Waals surface area contributed by atoms with Gasteiger partial charge in [0.25, 0.3) is 0 Å². The number of anilines is 2. The average molecular weight is 303 g/mol. The Labute approximate surface area is 122 Å². The number of alkyl halides is 3. The molecule has 1 aliphatic heterocycles. The number of nitrogens with zero attached hydrogens (tertiary/aromatic N) is 2. The number of aromatic nitrogens is 1. The highest BCUT2D eigenvalue weighted by atomic mass is 19.4. The molecule has 0 aromatic carbocycles. The molecule has 1 N–H and O–H groups in total. The number of pyridine rings is 1. The molecule has 0 amide bonds. The van der Waals surface area contributed by atoms with Gasteiger partial charge in [-0.25, -0.2) is 4.98 Å². The van der Waals surface area contributed by atoms with Gasteiger partial charge in [-0.15, -0.1) is 0 Å². The summed E-state index contributed by atoms with van der Waals surface area (Å²) < 4.78 is 44.6. The summed E-state index contributed by atoms with van der Waals surface area (Å²) in [6, 6.07) is 2.16. The molecule has 0 radical (unpaired) electrons. The maximum atomic E-state index is 13.0. The first-order valence-electron chi connectivity index (χ1n) is 7.10. The minimum Gasteiger partial charge on any atom is -0.377 e. The van der Waals surface area contributed by atoms with Crippen molar-refractivity contribution in [2.45, 2.75) is 32.5 Å². The zero-order chi connectivity index (χ0) is 15.5. The van der Waals surface area contributed by atoms with Crippen molar-refractivity contribution in [1.82, 2.24) is 4.98 Å².